The summed E-state index contributed by atoms with van der Waals surface area (Å²) in [5, 5.41) is 12.8. The second-order valence-electron chi connectivity index (χ2n) is 5.72. The number of benzene rings is 1. The summed E-state index contributed by atoms with van der Waals surface area (Å²) >= 11 is 0. The van der Waals surface area contributed by atoms with Crippen LogP contribution >= 0.6 is 0 Å². The maximum absolute atomic E-state index is 9.15. The van der Waals surface area contributed by atoms with Crippen molar-refractivity contribution in [3.8, 4) is 5.75 Å². The van der Waals surface area contributed by atoms with Crippen LogP contribution in [0, 0.1) is 5.92 Å². The molecular weight excluding hydrogens is 238 g/mol. The van der Waals surface area contributed by atoms with Crippen LogP contribution in [0.25, 0.3) is 0 Å². The molecule has 2 atom stereocenters. The third-order valence-electron chi connectivity index (χ3n) is 4.36. The van der Waals surface area contributed by atoms with Gasteiger partial charge in [0.15, 0.2) is 0 Å². The van der Waals surface area contributed by atoms with Crippen LogP contribution in [0.1, 0.15) is 38.2 Å². The predicted molar refractivity (Wildman–Crippen MR) is 77.6 cm³/mol. The lowest BCUT2D eigenvalue weighted by Gasteiger charge is -2.39. The van der Waals surface area contributed by atoms with E-state index >= 15 is 0 Å². The van der Waals surface area contributed by atoms with Gasteiger partial charge in [0.25, 0.3) is 0 Å². The fraction of sp³-hybridized carbons (Fsp3) is 0.625. The Labute approximate surface area is 116 Å². The van der Waals surface area contributed by atoms with E-state index in [2.05, 4.69) is 31.3 Å². The standard InChI is InChI=1S/C16H25NO2/c1-11(10-18)12(2)17-14-8-13(9-14)15-6-4-5-7-16(15)19-3/h4-7,11-14,17-18H,8-10H2,1-3H3. The van der Waals surface area contributed by atoms with Crippen LogP contribution in [0.15, 0.2) is 24.3 Å². The molecule has 1 aromatic carbocycles. The van der Waals surface area contributed by atoms with Crippen molar-refractivity contribution in [2.75, 3.05) is 13.7 Å². The van der Waals surface area contributed by atoms with E-state index in [1.165, 1.54) is 5.56 Å². The summed E-state index contributed by atoms with van der Waals surface area (Å²) in [5.41, 5.74) is 1.32. The summed E-state index contributed by atoms with van der Waals surface area (Å²) in [6, 6.07) is 9.23. The van der Waals surface area contributed by atoms with Crippen molar-refractivity contribution >= 4 is 0 Å². The Bertz CT molecular complexity index is 401. The number of nitrogens with one attached hydrogen (secondary N) is 1. The number of para-hydroxylation sites is 1. The van der Waals surface area contributed by atoms with Crippen molar-refractivity contribution in [3.05, 3.63) is 29.8 Å². The Morgan fingerprint density at radius 1 is 1.32 bits per heavy atom. The summed E-state index contributed by atoms with van der Waals surface area (Å²) in [7, 11) is 1.73. The topological polar surface area (TPSA) is 41.5 Å². The molecule has 0 spiro atoms. The molecule has 1 aromatic rings. The summed E-state index contributed by atoms with van der Waals surface area (Å²) in [4.78, 5) is 0. The number of hydrogen-bond acceptors (Lipinski definition) is 3. The molecular formula is C16H25NO2. The maximum Gasteiger partial charge on any atom is 0.122 e. The molecule has 0 saturated heterocycles. The molecule has 1 saturated carbocycles. The molecule has 0 heterocycles. The van der Waals surface area contributed by atoms with Crippen LogP contribution in [0.3, 0.4) is 0 Å². The first-order chi connectivity index (χ1) is 9.15. The van der Waals surface area contributed by atoms with E-state index in [4.69, 9.17) is 9.84 Å². The van der Waals surface area contributed by atoms with Gasteiger partial charge in [0.05, 0.1) is 7.11 Å². The second-order valence-corrected chi connectivity index (χ2v) is 5.72. The van der Waals surface area contributed by atoms with Gasteiger partial charge < -0.3 is 15.2 Å². The monoisotopic (exact) mass is 263 g/mol. The van der Waals surface area contributed by atoms with Crippen LogP contribution < -0.4 is 10.1 Å². The van der Waals surface area contributed by atoms with Crippen molar-refractivity contribution < 1.29 is 9.84 Å². The fourth-order valence-electron chi connectivity index (χ4n) is 2.71. The van der Waals surface area contributed by atoms with E-state index in [0.717, 1.165) is 18.6 Å². The average Bonchev–Trinajstić information content (AvgIpc) is 2.41. The number of hydrogen-bond donors (Lipinski definition) is 2. The molecule has 0 aliphatic heterocycles. The minimum absolute atomic E-state index is 0.247. The minimum Gasteiger partial charge on any atom is -0.496 e. The predicted octanol–water partition coefficient (Wildman–Crippen LogP) is 2.55. The Morgan fingerprint density at radius 2 is 2.00 bits per heavy atom. The maximum atomic E-state index is 9.15. The summed E-state index contributed by atoms with van der Waals surface area (Å²) in [5.74, 6) is 1.92. The van der Waals surface area contributed by atoms with Gasteiger partial charge in [-0.05, 0) is 43.2 Å². The van der Waals surface area contributed by atoms with Crippen molar-refractivity contribution in [3.63, 3.8) is 0 Å². The van der Waals surface area contributed by atoms with Crippen molar-refractivity contribution in [1.82, 2.24) is 5.32 Å². The molecule has 0 amide bonds. The molecule has 106 valence electrons. The number of aliphatic hydroxyl groups is 1. The van der Waals surface area contributed by atoms with Gasteiger partial charge in [0.1, 0.15) is 5.75 Å². The van der Waals surface area contributed by atoms with Crippen LogP contribution in [0.5, 0.6) is 5.75 Å². The molecule has 2 rings (SSSR count). The number of rotatable bonds is 6. The Balaban J connectivity index is 1.86. The van der Waals surface area contributed by atoms with Crippen molar-refractivity contribution in [1.29, 1.82) is 0 Å². The highest BCUT2D eigenvalue weighted by molar-refractivity contribution is 5.37. The van der Waals surface area contributed by atoms with Crippen LogP contribution in [0.2, 0.25) is 0 Å². The Morgan fingerprint density at radius 3 is 2.63 bits per heavy atom. The van der Waals surface area contributed by atoms with Gasteiger partial charge in [-0.3, -0.25) is 0 Å². The van der Waals surface area contributed by atoms with Gasteiger partial charge in [-0.15, -0.1) is 0 Å². The molecule has 1 aliphatic carbocycles. The van der Waals surface area contributed by atoms with E-state index in [0.29, 0.717) is 23.9 Å². The van der Waals surface area contributed by atoms with Crippen LogP contribution in [0.4, 0.5) is 0 Å². The quantitative estimate of drug-likeness (QED) is 0.829. The molecule has 1 fully saturated rings. The SMILES string of the molecule is COc1ccccc1C1CC(NC(C)C(C)CO)C1. The zero-order valence-electron chi connectivity index (χ0n) is 12.1. The van der Waals surface area contributed by atoms with Gasteiger partial charge in [-0.2, -0.15) is 0 Å². The van der Waals surface area contributed by atoms with E-state index in [9.17, 15) is 0 Å². The molecule has 3 nitrogen and oxygen atoms in total. The summed E-state index contributed by atoms with van der Waals surface area (Å²) in [6.07, 6.45) is 2.31. The summed E-state index contributed by atoms with van der Waals surface area (Å²) < 4.78 is 5.42. The lowest BCUT2D eigenvalue weighted by atomic mass is 9.75. The normalized spacial score (nSPS) is 25.5. The highest BCUT2D eigenvalue weighted by Gasteiger charge is 2.33. The largest absolute Gasteiger partial charge is 0.496 e. The number of methoxy groups -OCH3 is 1. The minimum atomic E-state index is 0.247. The van der Waals surface area contributed by atoms with E-state index in [1.807, 2.05) is 12.1 Å². The molecule has 0 bridgehead atoms. The Kier molecular flexibility index (Phi) is 4.83. The second kappa shape index (κ2) is 6.40. The zero-order valence-corrected chi connectivity index (χ0v) is 12.1. The van der Waals surface area contributed by atoms with Gasteiger partial charge in [-0.25, -0.2) is 0 Å². The molecule has 0 aromatic heterocycles. The first-order valence-electron chi connectivity index (χ1n) is 7.15. The lowest BCUT2D eigenvalue weighted by Crippen LogP contribution is -2.47. The lowest BCUT2D eigenvalue weighted by molar-refractivity contribution is 0.179. The van der Waals surface area contributed by atoms with Gasteiger partial charge in [0.2, 0.25) is 0 Å². The number of aliphatic hydroxyl groups excluding tert-OH is 1. The Hall–Kier alpha value is -1.06. The first kappa shape index (κ1) is 14.4. The molecule has 2 unspecified atom stereocenters. The third kappa shape index (κ3) is 3.28. The average molecular weight is 263 g/mol. The molecule has 0 radical (unpaired) electrons. The van der Waals surface area contributed by atoms with E-state index < -0.39 is 0 Å². The molecule has 1 aliphatic rings. The molecule has 19 heavy (non-hydrogen) atoms. The van der Waals surface area contributed by atoms with Crippen molar-refractivity contribution in [2.24, 2.45) is 5.92 Å². The smallest absolute Gasteiger partial charge is 0.122 e. The molecule has 2 N–H and O–H groups in total. The number of ether oxygens (including phenoxy) is 1. The van der Waals surface area contributed by atoms with Gasteiger partial charge in [-0.1, -0.05) is 25.1 Å². The van der Waals surface area contributed by atoms with Crippen LogP contribution in [-0.2, 0) is 0 Å². The highest BCUT2D eigenvalue weighted by atomic mass is 16.5. The third-order valence-corrected chi connectivity index (χ3v) is 4.36. The van der Waals surface area contributed by atoms with Crippen LogP contribution in [-0.4, -0.2) is 30.9 Å². The van der Waals surface area contributed by atoms with E-state index in [-0.39, 0.29) is 6.61 Å². The molecule has 3 heteroatoms. The fourth-order valence-corrected chi connectivity index (χ4v) is 2.71. The van der Waals surface area contributed by atoms with Gasteiger partial charge in [0, 0.05) is 18.7 Å². The first-order valence-corrected chi connectivity index (χ1v) is 7.15. The summed E-state index contributed by atoms with van der Waals surface area (Å²) in [6.45, 7) is 4.47. The van der Waals surface area contributed by atoms with Gasteiger partial charge >= 0.3 is 0 Å². The van der Waals surface area contributed by atoms with Crippen molar-refractivity contribution in [2.45, 2.75) is 44.7 Å². The highest BCUT2D eigenvalue weighted by Crippen LogP contribution is 2.41. The zero-order chi connectivity index (χ0) is 13.8. The van der Waals surface area contributed by atoms with E-state index in [1.54, 1.807) is 7.11 Å².